The van der Waals surface area contributed by atoms with Crippen LogP contribution in [-0.2, 0) is 20.7 Å². The van der Waals surface area contributed by atoms with Gasteiger partial charge in [0.2, 0.25) is 12.1 Å². The quantitative estimate of drug-likeness (QED) is 0.259. The topological polar surface area (TPSA) is 200 Å². The Kier molecular flexibility index (Phi) is 5.95. The van der Waals surface area contributed by atoms with Crippen molar-refractivity contribution >= 4 is 17.3 Å². The Hall–Kier alpha value is -3.97. The number of ether oxygens (including phenoxy) is 3. The van der Waals surface area contributed by atoms with E-state index < -0.39 is 88.8 Å². The number of aliphatic hydroxyl groups excluding tert-OH is 3. The summed E-state index contributed by atoms with van der Waals surface area (Å²) in [6.07, 6.45) is -7.01. The predicted octanol–water partition coefficient (Wildman–Crippen LogP) is 0.683. The van der Waals surface area contributed by atoms with Gasteiger partial charge in [-0.2, -0.15) is 0 Å². The first-order valence-electron chi connectivity index (χ1n) is 11.6. The van der Waals surface area contributed by atoms with E-state index in [1.807, 2.05) is 0 Å². The summed E-state index contributed by atoms with van der Waals surface area (Å²) in [6.45, 7) is 1.10. The number of ketones is 3. The summed E-state index contributed by atoms with van der Waals surface area (Å²) in [6, 6.07) is 4.31. The highest BCUT2D eigenvalue weighted by atomic mass is 16.7. The molecule has 2 aliphatic carbocycles. The van der Waals surface area contributed by atoms with Crippen LogP contribution in [0.3, 0.4) is 0 Å². The SMILES string of the molecule is COc1cccc2c1C(=O)c1c(O)c3c(c(O)c1C2=O)C[C@@](O)(C(C)=O)C[C@@H]3OC1OC=C(O)C(O)C1O. The molecule has 0 bridgehead atoms. The zero-order valence-corrected chi connectivity index (χ0v) is 20.2. The third kappa shape index (κ3) is 3.56. The number of phenolic OH excluding ortho intramolecular Hbond substituents is 2. The van der Waals surface area contributed by atoms with Crippen LogP contribution in [-0.4, -0.2) is 79.2 Å². The molecule has 0 fully saturated rings. The normalized spacial score (nSPS) is 28.0. The molecule has 0 saturated heterocycles. The summed E-state index contributed by atoms with van der Waals surface area (Å²) in [5.74, 6) is -4.38. The van der Waals surface area contributed by atoms with Crippen LogP contribution in [0.4, 0.5) is 0 Å². The molecule has 3 unspecified atom stereocenters. The lowest BCUT2D eigenvalue weighted by Crippen LogP contribution is -2.48. The van der Waals surface area contributed by atoms with Crippen LogP contribution in [0.15, 0.2) is 30.2 Å². The first-order valence-corrected chi connectivity index (χ1v) is 11.6. The highest BCUT2D eigenvalue weighted by molar-refractivity contribution is 6.31. The van der Waals surface area contributed by atoms with Crippen LogP contribution in [0.2, 0.25) is 0 Å². The number of aliphatic hydroxyl groups is 4. The molecule has 200 valence electrons. The van der Waals surface area contributed by atoms with E-state index in [0.29, 0.717) is 0 Å². The molecule has 2 aromatic carbocycles. The molecule has 0 aromatic heterocycles. The highest BCUT2D eigenvalue weighted by Crippen LogP contribution is 2.52. The molecule has 1 heterocycles. The number of rotatable bonds is 4. The summed E-state index contributed by atoms with van der Waals surface area (Å²) >= 11 is 0. The summed E-state index contributed by atoms with van der Waals surface area (Å²) in [5.41, 5.74) is -3.77. The maximum atomic E-state index is 13.6. The maximum Gasteiger partial charge on any atom is 0.229 e. The van der Waals surface area contributed by atoms with Crippen LogP contribution < -0.4 is 4.74 Å². The van der Waals surface area contributed by atoms with E-state index in [-0.39, 0.29) is 28.0 Å². The average Bonchev–Trinajstić information content (AvgIpc) is 2.88. The molecule has 12 nitrogen and oxygen atoms in total. The summed E-state index contributed by atoms with van der Waals surface area (Å²) in [5, 5.41) is 63.7. The average molecular weight is 528 g/mol. The van der Waals surface area contributed by atoms with Gasteiger partial charge < -0.3 is 44.8 Å². The van der Waals surface area contributed by atoms with Crippen LogP contribution in [0.1, 0.15) is 62.4 Å². The number of Topliss-reactive ketones (excluding diaryl/α,β-unsaturated/α-hetero) is 1. The number of phenols is 2. The first-order chi connectivity index (χ1) is 17.9. The lowest BCUT2D eigenvalue weighted by atomic mass is 9.72. The van der Waals surface area contributed by atoms with Crippen molar-refractivity contribution < 1.29 is 59.2 Å². The molecule has 5 atom stereocenters. The molecule has 0 radical (unpaired) electrons. The largest absolute Gasteiger partial charge is 0.507 e. The van der Waals surface area contributed by atoms with Crippen molar-refractivity contribution in [3.05, 3.63) is 63.6 Å². The molecule has 2 aromatic rings. The fourth-order valence-corrected chi connectivity index (χ4v) is 5.19. The van der Waals surface area contributed by atoms with Crippen molar-refractivity contribution in [2.24, 2.45) is 0 Å². The van der Waals surface area contributed by atoms with Gasteiger partial charge in [0.05, 0.1) is 29.9 Å². The van der Waals surface area contributed by atoms with Crippen molar-refractivity contribution in [1.29, 1.82) is 0 Å². The zero-order valence-electron chi connectivity index (χ0n) is 20.2. The first kappa shape index (κ1) is 25.7. The minimum atomic E-state index is -2.13. The Bertz CT molecular complexity index is 1430. The number of carbonyl (C=O) groups excluding carboxylic acids is 3. The van der Waals surface area contributed by atoms with Gasteiger partial charge in [0, 0.05) is 29.5 Å². The van der Waals surface area contributed by atoms with E-state index in [9.17, 15) is 45.0 Å². The van der Waals surface area contributed by atoms with Crippen molar-refractivity contribution in [1.82, 2.24) is 0 Å². The van der Waals surface area contributed by atoms with Gasteiger partial charge >= 0.3 is 0 Å². The number of fused-ring (bicyclic) bond motifs is 3. The van der Waals surface area contributed by atoms with Gasteiger partial charge in [-0.15, -0.1) is 0 Å². The molecule has 1 aliphatic heterocycles. The molecule has 5 rings (SSSR count). The second-order valence-electron chi connectivity index (χ2n) is 9.46. The van der Waals surface area contributed by atoms with Crippen LogP contribution in [0.25, 0.3) is 0 Å². The highest BCUT2D eigenvalue weighted by Gasteiger charge is 2.49. The van der Waals surface area contributed by atoms with Crippen molar-refractivity contribution in [3.8, 4) is 17.2 Å². The molecule has 3 aliphatic rings. The lowest BCUT2D eigenvalue weighted by molar-refractivity contribution is -0.233. The van der Waals surface area contributed by atoms with Gasteiger partial charge in [-0.05, 0) is 13.0 Å². The number of benzene rings is 2. The second-order valence-corrected chi connectivity index (χ2v) is 9.46. The van der Waals surface area contributed by atoms with E-state index in [2.05, 4.69) is 0 Å². The fraction of sp³-hybridized carbons (Fsp3) is 0.346. The fourth-order valence-electron chi connectivity index (χ4n) is 5.19. The Balaban J connectivity index is 1.71. The molecular weight excluding hydrogens is 504 g/mol. The Labute approximate surface area is 214 Å². The molecule has 0 saturated carbocycles. The van der Waals surface area contributed by atoms with E-state index >= 15 is 0 Å². The van der Waals surface area contributed by atoms with E-state index in [1.54, 1.807) is 0 Å². The number of methoxy groups -OCH3 is 1. The van der Waals surface area contributed by atoms with Crippen molar-refractivity contribution in [2.45, 2.75) is 50.0 Å². The van der Waals surface area contributed by atoms with Crippen molar-refractivity contribution in [3.63, 3.8) is 0 Å². The number of carbonyl (C=O) groups is 3. The van der Waals surface area contributed by atoms with Gasteiger partial charge in [-0.3, -0.25) is 14.4 Å². The molecule has 12 heteroatoms. The predicted molar refractivity (Wildman–Crippen MR) is 125 cm³/mol. The molecule has 38 heavy (non-hydrogen) atoms. The van der Waals surface area contributed by atoms with E-state index in [0.717, 1.165) is 13.2 Å². The molecule has 0 amide bonds. The van der Waals surface area contributed by atoms with Gasteiger partial charge in [0.25, 0.3) is 0 Å². The Morgan fingerprint density at radius 1 is 1.05 bits per heavy atom. The van der Waals surface area contributed by atoms with Gasteiger partial charge in [0.15, 0.2) is 17.3 Å². The number of hydrogen-bond acceptors (Lipinski definition) is 12. The number of hydrogen-bond donors (Lipinski definition) is 6. The van der Waals surface area contributed by atoms with Gasteiger partial charge in [-0.1, -0.05) is 12.1 Å². The monoisotopic (exact) mass is 528 g/mol. The third-order valence-corrected chi connectivity index (χ3v) is 7.26. The summed E-state index contributed by atoms with van der Waals surface area (Å²) < 4.78 is 16.1. The molecule has 6 N–H and O–H groups in total. The smallest absolute Gasteiger partial charge is 0.229 e. The maximum absolute atomic E-state index is 13.6. The van der Waals surface area contributed by atoms with Crippen LogP contribution in [0.5, 0.6) is 17.2 Å². The van der Waals surface area contributed by atoms with Gasteiger partial charge in [-0.25, -0.2) is 0 Å². The number of aromatic hydroxyl groups is 2. The summed E-state index contributed by atoms with van der Waals surface area (Å²) in [7, 11) is 1.30. The van der Waals surface area contributed by atoms with Gasteiger partial charge in [0.1, 0.15) is 41.3 Å². The zero-order chi connectivity index (χ0) is 27.7. The lowest BCUT2D eigenvalue weighted by Gasteiger charge is -2.40. The molecule has 0 spiro atoms. The van der Waals surface area contributed by atoms with Crippen LogP contribution in [0, 0.1) is 0 Å². The standard InChI is InChI=1S/C26H24O12/c1-9(27)26(35)6-11-16(14(7-26)38-25-24(34)21(31)12(28)8-37-25)23(33)18-17(20(11)30)19(29)10-4-3-5-13(36-2)15(10)22(18)32/h3-5,8,14,21,24-25,28,30-31,33-35H,6-7H2,1-2H3/t14-,21?,24?,25?,26-/m0/s1. The Morgan fingerprint density at radius 2 is 1.74 bits per heavy atom. The molecular formula is C26H24O12. The van der Waals surface area contributed by atoms with E-state index in [1.165, 1.54) is 25.3 Å². The summed E-state index contributed by atoms with van der Waals surface area (Å²) in [4.78, 5) is 39.4. The Morgan fingerprint density at radius 3 is 2.39 bits per heavy atom. The second kappa shape index (κ2) is 8.81. The minimum Gasteiger partial charge on any atom is -0.507 e. The van der Waals surface area contributed by atoms with E-state index in [4.69, 9.17) is 14.2 Å². The third-order valence-electron chi connectivity index (χ3n) is 7.26. The van der Waals surface area contributed by atoms with Crippen LogP contribution >= 0.6 is 0 Å². The minimum absolute atomic E-state index is 0.0683. The van der Waals surface area contributed by atoms with Crippen molar-refractivity contribution in [2.75, 3.05) is 7.11 Å².